The summed E-state index contributed by atoms with van der Waals surface area (Å²) in [7, 11) is 1.81. The number of hydrogen-bond donors (Lipinski definition) is 1. The Balaban J connectivity index is 1.71. The van der Waals surface area contributed by atoms with Crippen LogP contribution in [0.5, 0.6) is 5.75 Å². The Morgan fingerprint density at radius 3 is 2.52 bits per heavy atom. The Morgan fingerprint density at radius 2 is 1.88 bits per heavy atom. The van der Waals surface area contributed by atoms with E-state index in [0.717, 1.165) is 29.7 Å². The van der Waals surface area contributed by atoms with Crippen LogP contribution in [0.1, 0.15) is 36.3 Å². The highest BCUT2D eigenvalue weighted by Gasteiger charge is 2.39. The molecule has 0 saturated carbocycles. The maximum atomic E-state index is 12.9. The zero-order valence-electron chi connectivity index (χ0n) is 17.6. The first-order valence-corrected chi connectivity index (χ1v) is 12.5. The van der Waals surface area contributed by atoms with Gasteiger partial charge in [-0.3, -0.25) is 4.79 Å². The molecule has 0 fully saturated rings. The Bertz CT molecular complexity index is 1240. The lowest BCUT2D eigenvalue weighted by Crippen LogP contribution is -2.36. The van der Waals surface area contributed by atoms with Gasteiger partial charge in [0.15, 0.2) is 5.78 Å². The number of ketones is 1. The number of hydrogen-bond acceptors (Lipinski definition) is 5. The van der Waals surface area contributed by atoms with E-state index in [4.69, 9.17) is 33.7 Å². The standard InChI is InChI=1S/C24H19Br2Cl2N3O2/c1-31-19-3-2-4-20(32)22(19)21(14(10-29)24(31)30)13-8-15(25)23(16(26)9-13)33-11-12-5-6-17(27)18(28)7-12/h5-9,21H,2-4,11,30H2,1H3/t21-/m1/s1. The number of rotatable bonds is 4. The molecule has 2 aromatic carbocycles. The van der Waals surface area contributed by atoms with Crippen molar-refractivity contribution >= 4 is 60.8 Å². The van der Waals surface area contributed by atoms with Crippen LogP contribution in [0.3, 0.4) is 0 Å². The molecule has 33 heavy (non-hydrogen) atoms. The second-order valence-electron chi connectivity index (χ2n) is 7.89. The molecule has 0 bridgehead atoms. The van der Waals surface area contributed by atoms with Crippen LogP contribution >= 0.6 is 55.1 Å². The first kappa shape index (κ1) is 24.2. The number of nitrogens with zero attached hydrogens (tertiary/aromatic N) is 2. The molecule has 0 aromatic heterocycles. The van der Waals surface area contributed by atoms with Gasteiger partial charge in [-0.25, -0.2) is 0 Å². The largest absolute Gasteiger partial charge is 0.487 e. The van der Waals surface area contributed by atoms with Gasteiger partial charge in [-0.15, -0.1) is 0 Å². The molecule has 170 valence electrons. The van der Waals surface area contributed by atoms with Crippen LogP contribution < -0.4 is 10.5 Å². The van der Waals surface area contributed by atoms with Crippen molar-refractivity contribution < 1.29 is 9.53 Å². The van der Waals surface area contributed by atoms with Gasteiger partial charge in [0.1, 0.15) is 18.2 Å². The molecular weight excluding hydrogens is 593 g/mol. The molecule has 0 radical (unpaired) electrons. The number of nitriles is 1. The van der Waals surface area contributed by atoms with Crippen molar-refractivity contribution in [3.8, 4) is 11.8 Å². The highest BCUT2D eigenvalue weighted by Crippen LogP contribution is 2.47. The fraction of sp³-hybridized carbons (Fsp3) is 0.250. The molecule has 4 rings (SSSR count). The quantitative estimate of drug-likeness (QED) is 0.410. The summed E-state index contributed by atoms with van der Waals surface area (Å²) in [4.78, 5) is 14.7. The third kappa shape index (κ3) is 4.54. The molecule has 1 atom stereocenters. The molecule has 0 saturated heterocycles. The van der Waals surface area contributed by atoms with Gasteiger partial charge in [0.2, 0.25) is 0 Å². The Morgan fingerprint density at radius 1 is 1.18 bits per heavy atom. The number of allylic oxidation sites excluding steroid dienone is 3. The monoisotopic (exact) mass is 609 g/mol. The van der Waals surface area contributed by atoms with Crippen molar-refractivity contribution in [2.75, 3.05) is 7.05 Å². The summed E-state index contributed by atoms with van der Waals surface area (Å²) in [6.45, 7) is 0.283. The van der Waals surface area contributed by atoms with Gasteiger partial charge >= 0.3 is 0 Å². The molecule has 5 nitrogen and oxygen atoms in total. The minimum Gasteiger partial charge on any atom is -0.487 e. The highest BCUT2D eigenvalue weighted by atomic mass is 79.9. The molecule has 0 unspecified atom stereocenters. The Kier molecular flexibility index (Phi) is 7.11. The SMILES string of the molecule is CN1C(N)=C(C#N)[C@@H](c2cc(Br)c(OCc3ccc(Cl)c(Cl)c3)c(Br)c2)C2=C1CCCC2=O. The minimum atomic E-state index is -0.522. The van der Waals surface area contributed by atoms with Gasteiger partial charge in [-0.1, -0.05) is 29.3 Å². The third-order valence-corrected chi connectivity index (χ3v) is 7.81. The number of carbonyl (C=O) groups excluding carboxylic acids is 1. The summed E-state index contributed by atoms with van der Waals surface area (Å²) < 4.78 is 7.40. The maximum Gasteiger partial charge on any atom is 0.161 e. The van der Waals surface area contributed by atoms with Crippen molar-refractivity contribution in [3.05, 3.63) is 83.1 Å². The minimum absolute atomic E-state index is 0.0561. The number of benzene rings is 2. The predicted octanol–water partition coefficient (Wildman–Crippen LogP) is 6.83. The number of nitrogens with two attached hydrogens (primary N) is 1. The lowest BCUT2D eigenvalue weighted by molar-refractivity contribution is -0.116. The van der Waals surface area contributed by atoms with Gasteiger partial charge in [-0.05, 0) is 80.1 Å². The molecule has 2 aliphatic rings. The number of halogens is 4. The molecule has 1 aliphatic carbocycles. The van der Waals surface area contributed by atoms with E-state index in [2.05, 4.69) is 37.9 Å². The van der Waals surface area contributed by atoms with Gasteiger partial charge < -0.3 is 15.4 Å². The van der Waals surface area contributed by atoms with Gasteiger partial charge in [0, 0.05) is 24.7 Å². The van der Waals surface area contributed by atoms with Crippen LogP contribution in [0.4, 0.5) is 0 Å². The molecule has 2 N–H and O–H groups in total. The Hall–Kier alpha value is -1.98. The van der Waals surface area contributed by atoms with Crippen LogP contribution in [-0.2, 0) is 11.4 Å². The van der Waals surface area contributed by atoms with Gasteiger partial charge in [-0.2, -0.15) is 5.26 Å². The summed E-state index contributed by atoms with van der Waals surface area (Å²) in [6, 6.07) is 11.3. The number of Topliss-reactive ketones (excluding diaryl/α,β-unsaturated/α-hetero) is 1. The van der Waals surface area contributed by atoms with Crippen LogP contribution in [0.15, 0.2) is 61.9 Å². The Labute approximate surface area is 219 Å². The summed E-state index contributed by atoms with van der Waals surface area (Å²) in [5, 5.41) is 10.9. The molecule has 9 heteroatoms. The average Bonchev–Trinajstić information content (AvgIpc) is 2.78. The first-order chi connectivity index (χ1) is 15.7. The molecular formula is C24H19Br2Cl2N3O2. The highest BCUT2D eigenvalue weighted by molar-refractivity contribution is 9.11. The fourth-order valence-electron chi connectivity index (χ4n) is 4.27. The topological polar surface area (TPSA) is 79.3 Å². The molecule has 0 spiro atoms. The van der Waals surface area contributed by atoms with E-state index in [1.54, 1.807) is 17.0 Å². The predicted molar refractivity (Wildman–Crippen MR) is 136 cm³/mol. The van der Waals surface area contributed by atoms with Crippen molar-refractivity contribution in [3.63, 3.8) is 0 Å². The summed E-state index contributed by atoms with van der Waals surface area (Å²) in [5.41, 5.74) is 9.88. The zero-order chi connectivity index (χ0) is 23.9. The zero-order valence-corrected chi connectivity index (χ0v) is 22.3. The van der Waals surface area contributed by atoms with E-state index in [1.807, 2.05) is 25.2 Å². The van der Waals surface area contributed by atoms with Crippen molar-refractivity contribution in [2.45, 2.75) is 31.8 Å². The summed E-state index contributed by atoms with van der Waals surface area (Å²) >= 11 is 19.3. The number of carbonyl (C=O) groups is 1. The van der Waals surface area contributed by atoms with E-state index >= 15 is 0 Å². The molecule has 1 aliphatic heterocycles. The average molecular weight is 612 g/mol. The second kappa shape index (κ2) is 9.71. The van der Waals surface area contributed by atoms with Crippen molar-refractivity contribution in [1.82, 2.24) is 4.90 Å². The van der Waals surface area contributed by atoms with E-state index in [1.165, 1.54) is 0 Å². The lowest BCUT2D eigenvalue weighted by Gasteiger charge is -2.37. The maximum absolute atomic E-state index is 12.9. The normalized spacial score (nSPS) is 18.4. The van der Waals surface area contributed by atoms with Crippen molar-refractivity contribution in [2.24, 2.45) is 5.73 Å². The molecule has 2 aromatic rings. The van der Waals surface area contributed by atoms with Gasteiger partial charge in [0.05, 0.1) is 36.6 Å². The van der Waals surface area contributed by atoms with E-state index in [9.17, 15) is 10.1 Å². The lowest BCUT2D eigenvalue weighted by atomic mass is 9.76. The van der Waals surface area contributed by atoms with Crippen LogP contribution in [-0.4, -0.2) is 17.7 Å². The van der Waals surface area contributed by atoms with Crippen LogP contribution in [0, 0.1) is 11.3 Å². The van der Waals surface area contributed by atoms with E-state index < -0.39 is 5.92 Å². The summed E-state index contributed by atoms with van der Waals surface area (Å²) in [5.74, 6) is 0.506. The fourth-order valence-corrected chi connectivity index (χ4v) is 6.04. The van der Waals surface area contributed by atoms with Gasteiger partial charge in [0.25, 0.3) is 0 Å². The van der Waals surface area contributed by atoms with Crippen molar-refractivity contribution in [1.29, 1.82) is 5.26 Å². The number of ether oxygens (including phenoxy) is 1. The van der Waals surface area contributed by atoms with Crippen LogP contribution in [0.2, 0.25) is 10.0 Å². The summed E-state index contributed by atoms with van der Waals surface area (Å²) in [6.07, 6.45) is 1.99. The smallest absolute Gasteiger partial charge is 0.161 e. The van der Waals surface area contributed by atoms with E-state index in [0.29, 0.717) is 48.1 Å². The third-order valence-electron chi connectivity index (χ3n) is 5.89. The first-order valence-electron chi connectivity index (χ1n) is 10.2. The van der Waals surface area contributed by atoms with E-state index in [-0.39, 0.29) is 12.4 Å². The van der Waals surface area contributed by atoms with Crippen LogP contribution in [0.25, 0.3) is 0 Å². The second-order valence-corrected chi connectivity index (χ2v) is 10.4. The molecule has 0 amide bonds. The molecule has 1 heterocycles.